The summed E-state index contributed by atoms with van der Waals surface area (Å²) >= 11 is 0. The number of carbonyl (C=O) groups is 2. The highest BCUT2D eigenvalue weighted by molar-refractivity contribution is 6.51. The molecule has 0 bridgehead atoms. The summed E-state index contributed by atoms with van der Waals surface area (Å²) in [6.07, 6.45) is 0. The van der Waals surface area contributed by atoms with Crippen molar-refractivity contribution < 1.29 is 24.4 Å². The van der Waals surface area contributed by atoms with E-state index in [4.69, 9.17) is 4.74 Å². The fraction of sp³-hybridized carbons (Fsp3) is 0.0833. The number of anilines is 1. The topological polar surface area (TPSA) is 110 Å². The predicted molar refractivity (Wildman–Crippen MR) is 117 cm³/mol. The second-order valence-corrected chi connectivity index (χ2v) is 7.09. The van der Waals surface area contributed by atoms with Crippen molar-refractivity contribution in [2.75, 3.05) is 12.0 Å². The molecule has 8 heteroatoms. The van der Waals surface area contributed by atoms with Crippen LogP contribution in [0, 0.1) is 10.1 Å². The molecule has 4 rings (SSSR count). The summed E-state index contributed by atoms with van der Waals surface area (Å²) in [4.78, 5) is 38.0. The van der Waals surface area contributed by atoms with Crippen molar-refractivity contribution >= 4 is 28.8 Å². The van der Waals surface area contributed by atoms with Gasteiger partial charge in [-0.15, -0.1) is 0 Å². The lowest BCUT2D eigenvalue weighted by Crippen LogP contribution is -2.29. The van der Waals surface area contributed by atoms with Crippen molar-refractivity contribution in [3.8, 4) is 5.75 Å². The number of nitro benzene ring substituents is 1. The van der Waals surface area contributed by atoms with Gasteiger partial charge in [-0.25, -0.2) is 0 Å². The Bertz CT molecular complexity index is 1230. The minimum atomic E-state index is -0.983. The van der Waals surface area contributed by atoms with Crippen molar-refractivity contribution in [3.63, 3.8) is 0 Å². The Morgan fingerprint density at radius 3 is 2.31 bits per heavy atom. The quantitative estimate of drug-likeness (QED) is 0.213. The number of nitro groups is 1. The third kappa shape index (κ3) is 3.58. The molecule has 1 N–H and O–H groups in total. The third-order valence-electron chi connectivity index (χ3n) is 5.24. The highest BCUT2D eigenvalue weighted by atomic mass is 16.6. The van der Waals surface area contributed by atoms with Gasteiger partial charge in [0, 0.05) is 17.7 Å². The maximum Gasteiger partial charge on any atom is 0.300 e. The fourth-order valence-electron chi connectivity index (χ4n) is 3.71. The normalized spacial score (nSPS) is 17.4. The van der Waals surface area contributed by atoms with Crippen LogP contribution < -0.4 is 9.64 Å². The Balaban J connectivity index is 1.94. The molecule has 1 aliphatic heterocycles. The zero-order valence-electron chi connectivity index (χ0n) is 17.0. The van der Waals surface area contributed by atoms with E-state index in [1.807, 2.05) is 0 Å². The Kier molecular flexibility index (Phi) is 5.43. The van der Waals surface area contributed by atoms with Gasteiger partial charge in [0.05, 0.1) is 29.3 Å². The van der Waals surface area contributed by atoms with Crippen LogP contribution in [0.15, 0.2) is 84.4 Å². The Labute approximate surface area is 183 Å². The maximum absolute atomic E-state index is 13.1. The van der Waals surface area contributed by atoms with Crippen LogP contribution in [0.2, 0.25) is 0 Å². The van der Waals surface area contributed by atoms with Crippen molar-refractivity contribution in [3.05, 3.63) is 106 Å². The van der Waals surface area contributed by atoms with Gasteiger partial charge >= 0.3 is 0 Å². The number of aliphatic hydroxyl groups is 1. The molecule has 32 heavy (non-hydrogen) atoms. The molecular formula is C24H18N2O6. The minimum Gasteiger partial charge on any atom is -0.507 e. The van der Waals surface area contributed by atoms with E-state index in [2.05, 4.69) is 0 Å². The first-order chi connectivity index (χ1) is 15.4. The summed E-state index contributed by atoms with van der Waals surface area (Å²) in [6.45, 7) is 0. The molecule has 1 atom stereocenters. The summed E-state index contributed by atoms with van der Waals surface area (Å²) < 4.78 is 5.19. The molecule has 0 spiro atoms. The molecule has 0 radical (unpaired) electrons. The summed E-state index contributed by atoms with van der Waals surface area (Å²) in [5.74, 6) is -1.51. The van der Waals surface area contributed by atoms with Gasteiger partial charge in [0.25, 0.3) is 17.4 Å². The van der Waals surface area contributed by atoms with Gasteiger partial charge in [-0.2, -0.15) is 0 Å². The summed E-state index contributed by atoms with van der Waals surface area (Å²) in [7, 11) is 1.51. The summed E-state index contributed by atoms with van der Waals surface area (Å²) in [5, 5.41) is 22.3. The van der Waals surface area contributed by atoms with Crippen LogP contribution in [0.25, 0.3) is 5.76 Å². The van der Waals surface area contributed by atoms with Crippen LogP contribution >= 0.6 is 0 Å². The van der Waals surface area contributed by atoms with Gasteiger partial charge in [0.1, 0.15) is 11.5 Å². The first-order valence-corrected chi connectivity index (χ1v) is 9.67. The number of ether oxygens (including phenoxy) is 1. The molecule has 1 amide bonds. The van der Waals surface area contributed by atoms with E-state index in [9.17, 15) is 24.8 Å². The Hall–Kier alpha value is -4.46. The van der Waals surface area contributed by atoms with E-state index in [0.717, 1.165) is 0 Å². The van der Waals surface area contributed by atoms with E-state index >= 15 is 0 Å². The Morgan fingerprint density at radius 2 is 1.69 bits per heavy atom. The van der Waals surface area contributed by atoms with Crippen LogP contribution in [0.3, 0.4) is 0 Å². The first-order valence-electron chi connectivity index (χ1n) is 9.67. The number of non-ortho nitro benzene ring substituents is 1. The summed E-state index contributed by atoms with van der Waals surface area (Å²) in [5.41, 5.74) is 0.769. The zero-order valence-corrected chi connectivity index (χ0v) is 17.0. The van der Waals surface area contributed by atoms with Crippen molar-refractivity contribution in [2.24, 2.45) is 0 Å². The van der Waals surface area contributed by atoms with Gasteiger partial charge in [0.2, 0.25) is 0 Å². The molecule has 3 aromatic carbocycles. The number of Topliss-reactive ketones (excluding diaryl/α,β-unsaturated/α-hetero) is 1. The molecule has 1 saturated heterocycles. The monoisotopic (exact) mass is 430 g/mol. The van der Waals surface area contributed by atoms with Crippen molar-refractivity contribution in [1.82, 2.24) is 0 Å². The molecule has 1 heterocycles. The number of ketones is 1. The predicted octanol–water partition coefficient (Wildman–Crippen LogP) is 4.23. The average Bonchev–Trinajstić information content (AvgIpc) is 3.09. The number of hydrogen-bond donors (Lipinski definition) is 1. The number of nitrogens with zero attached hydrogens (tertiary/aromatic N) is 2. The van der Waals surface area contributed by atoms with E-state index in [-0.39, 0.29) is 22.7 Å². The van der Waals surface area contributed by atoms with Gasteiger partial charge < -0.3 is 9.84 Å². The molecule has 0 saturated carbocycles. The van der Waals surface area contributed by atoms with E-state index in [1.54, 1.807) is 54.6 Å². The van der Waals surface area contributed by atoms with Crippen LogP contribution in [-0.4, -0.2) is 28.8 Å². The number of hydrogen-bond acceptors (Lipinski definition) is 6. The first kappa shape index (κ1) is 20.8. The molecule has 0 aromatic heterocycles. The molecule has 0 aliphatic carbocycles. The average molecular weight is 430 g/mol. The van der Waals surface area contributed by atoms with Crippen molar-refractivity contribution in [2.45, 2.75) is 6.04 Å². The molecule has 1 aliphatic rings. The van der Waals surface area contributed by atoms with Gasteiger partial charge in [-0.1, -0.05) is 48.5 Å². The Morgan fingerprint density at radius 1 is 1.00 bits per heavy atom. The second-order valence-electron chi connectivity index (χ2n) is 7.09. The minimum absolute atomic E-state index is 0.0992. The fourth-order valence-corrected chi connectivity index (χ4v) is 3.71. The lowest BCUT2D eigenvalue weighted by molar-refractivity contribution is -0.384. The van der Waals surface area contributed by atoms with E-state index in [1.165, 1.54) is 36.3 Å². The van der Waals surface area contributed by atoms with Crippen molar-refractivity contribution in [1.29, 1.82) is 0 Å². The van der Waals surface area contributed by atoms with Gasteiger partial charge in [0.15, 0.2) is 0 Å². The highest BCUT2D eigenvalue weighted by Crippen LogP contribution is 2.43. The zero-order chi connectivity index (χ0) is 22.8. The number of benzene rings is 3. The lowest BCUT2D eigenvalue weighted by Gasteiger charge is -2.25. The number of aliphatic hydroxyl groups excluding tert-OH is 1. The number of methoxy groups -OCH3 is 1. The lowest BCUT2D eigenvalue weighted by atomic mass is 9.95. The second kappa shape index (κ2) is 8.35. The maximum atomic E-state index is 13.1. The number of rotatable bonds is 5. The summed E-state index contributed by atoms with van der Waals surface area (Å²) in [6, 6.07) is 19.6. The highest BCUT2D eigenvalue weighted by Gasteiger charge is 2.47. The van der Waals surface area contributed by atoms with E-state index < -0.39 is 22.7 Å². The molecule has 160 valence electrons. The largest absolute Gasteiger partial charge is 0.507 e. The number of amides is 1. The van der Waals surface area contributed by atoms with E-state index in [0.29, 0.717) is 16.9 Å². The molecular weight excluding hydrogens is 412 g/mol. The van der Waals surface area contributed by atoms with Crippen LogP contribution in [-0.2, 0) is 9.59 Å². The molecule has 1 fully saturated rings. The van der Waals surface area contributed by atoms with Gasteiger partial charge in [-0.05, 0) is 23.8 Å². The third-order valence-corrected chi connectivity index (χ3v) is 5.24. The molecule has 1 unspecified atom stereocenters. The number of carbonyl (C=O) groups excluding carboxylic acids is 2. The van der Waals surface area contributed by atoms with Crippen LogP contribution in [0.5, 0.6) is 5.75 Å². The standard InChI is InChI=1S/C24H18N2O6/c1-32-19-12-10-15(11-13-19)21-20(22(27)16-6-3-2-4-7-16)23(28)24(29)25(21)17-8-5-9-18(14-17)26(30)31/h2-14,21,27H,1H3/b22-20-. The molecule has 8 nitrogen and oxygen atoms in total. The molecule has 3 aromatic rings. The van der Waals surface area contributed by atoms with Crippen LogP contribution in [0.4, 0.5) is 11.4 Å². The van der Waals surface area contributed by atoms with Crippen LogP contribution in [0.1, 0.15) is 17.2 Å². The SMILES string of the molecule is COc1ccc(C2/C(=C(/O)c3ccccc3)C(=O)C(=O)N2c2cccc([N+](=O)[O-])c2)cc1. The van der Waals surface area contributed by atoms with Gasteiger partial charge in [-0.3, -0.25) is 24.6 Å². The smallest absolute Gasteiger partial charge is 0.300 e.